The van der Waals surface area contributed by atoms with Crippen molar-refractivity contribution in [3.8, 4) is 0 Å². The summed E-state index contributed by atoms with van der Waals surface area (Å²) in [5.41, 5.74) is 0. The third kappa shape index (κ3) is 1.03. The maximum atomic E-state index is 10.4. The molecule has 1 fully saturated rings. The van der Waals surface area contributed by atoms with E-state index >= 15 is 0 Å². The van der Waals surface area contributed by atoms with Gasteiger partial charge in [-0.3, -0.25) is 9.59 Å². The topological polar surface area (TPSA) is 80.7 Å². The maximum Gasteiger partial charge on any atom is 0.385 e. The fraction of sp³-hybridized carbons (Fsp3) is 0.400. The molecule has 0 radical (unpaired) electrons. The number of ketones is 2. The highest BCUT2D eigenvalue weighted by Crippen LogP contribution is 2.04. The monoisotopic (exact) mass is 144 g/mol. The van der Waals surface area contributed by atoms with Crippen LogP contribution in [0.5, 0.6) is 0 Å². The van der Waals surface area contributed by atoms with Crippen LogP contribution in [0, 0.1) is 0 Å². The number of carbonyl (C=O) groups excluding carboxylic acids is 3. The molecule has 1 unspecified atom stereocenters. The largest absolute Gasteiger partial charge is 0.429 e. The molecular weight excluding hydrogens is 140 g/mol. The van der Waals surface area contributed by atoms with Gasteiger partial charge in [0.05, 0.1) is 6.42 Å². The van der Waals surface area contributed by atoms with Crippen LogP contribution in [0.4, 0.5) is 0 Å². The van der Waals surface area contributed by atoms with Gasteiger partial charge in [0, 0.05) is 0 Å². The van der Waals surface area contributed by atoms with Gasteiger partial charge in [-0.25, -0.2) is 4.79 Å². The van der Waals surface area contributed by atoms with E-state index in [-0.39, 0.29) is 0 Å². The Labute approximate surface area is 55.6 Å². The van der Waals surface area contributed by atoms with Crippen molar-refractivity contribution in [3.63, 3.8) is 0 Å². The first-order valence-corrected chi connectivity index (χ1v) is 2.57. The number of ether oxygens (including phenoxy) is 1. The molecule has 1 N–H and O–H groups in total. The van der Waals surface area contributed by atoms with E-state index in [1.807, 2.05) is 0 Å². The molecule has 0 bridgehead atoms. The number of hydrogen-bond acceptors (Lipinski definition) is 5. The van der Waals surface area contributed by atoms with E-state index in [0.29, 0.717) is 0 Å². The van der Waals surface area contributed by atoms with Gasteiger partial charge in [-0.1, -0.05) is 0 Å². The van der Waals surface area contributed by atoms with Crippen LogP contribution in [0.1, 0.15) is 6.42 Å². The Morgan fingerprint density at radius 3 is 2.50 bits per heavy atom. The van der Waals surface area contributed by atoms with E-state index in [9.17, 15) is 14.4 Å². The van der Waals surface area contributed by atoms with E-state index < -0.39 is 30.2 Å². The molecule has 0 amide bonds. The van der Waals surface area contributed by atoms with Crippen LogP contribution >= 0.6 is 0 Å². The van der Waals surface area contributed by atoms with Crippen LogP contribution < -0.4 is 0 Å². The van der Waals surface area contributed by atoms with E-state index in [0.717, 1.165) is 0 Å². The molecule has 10 heavy (non-hydrogen) atoms. The second kappa shape index (κ2) is 2.18. The smallest absolute Gasteiger partial charge is 0.385 e. The van der Waals surface area contributed by atoms with Crippen molar-refractivity contribution in [2.24, 2.45) is 0 Å². The summed E-state index contributed by atoms with van der Waals surface area (Å²) in [7, 11) is 0. The molecule has 0 spiro atoms. The molecule has 0 aliphatic carbocycles. The van der Waals surface area contributed by atoms with Gasteiger partial charge in [0.25, 0.3) is 0 Å². The van der Waals surface area contributed by atoms with Gasteiger partial charge in [0.15, 0.2) is 0 Å². The summed E-state index contributed by atoms with van der Waals surface area (Å²) >= 11 is 0. The lowest BCUT2D eigenvalue weighted by Crippen LogP contribution is -2.38. The average Bonchev–Trinajstić information content (AvgIpc) is 1.82. The first-order chi connectivity index (χ1) is 4.61. The van der Waals surface area contributed by atoms with Crippen LogP contribution in [0.3, 0.4) is 0 Å². The number of rotatable bonds is 0. The Bertz CT molecular complexity index is 186. The minimum absolute atomic E-state index is 0.426. The van der Waals surface area contributed by atoms with Crippen molar-refractivity contribution >= 4 is 17.5 Å². The summed E-state index contributed by atoms with van der Waals surface area (Å²) in [6, 6.07) is 0. The lowest BCUT2D eigenvalue weighted by atomic mass is 10.1. The Hall–Kier alpha value is -1.23. The molecular formula is C5H4O5. The Morgan fingerprint density at radius 2 is 2.00 bits per heavy atom. The van der Waals surface area contributed by atoms with Gasteiger partial charge in [-0.15, -0.1) is 0 Å². The summed E-state index contributed by atoms with van der Waals surface area (Å²) in [6.45, 7) is 0. The van der Waals surface area contributed by atoms with Crippen molar-refractivity contribution < 1.29 is 24.2 Å². The normalized spacial score (nSPS) is 26.5. The van der Waals surface area contributed by atoms with Crippen molar-refractivity contribution in [2.75, 3.05) is 0 Å². The van der Waals surface area contributed by atoms with Crippen LogP contribution in [-0.2, 0) is 19.1 Å². The SMILES string of the molecule is O=C1CC(O)OC(=O)C1=O. The average molecular weight is 144 g/mol. The molecule has 1 rings (SSSR count). The van der Waals surface area contributed by atoms with Crippen molar-refractivity contribution in [1.82, 2.24) is 0 Å². The predicted octanol–water partition coefficient (Wildman–Crippen LogP) is -1.61. The highest BCUT2D eigenvalue weighted by Gasteiger charge is 2.34. The number of hydrogen-bond donors (Lipinski definition) is 1. The van der Waals surface area contributed by atoms with Gasteiger partial charge >= 0.3 is 11.8 Å². The first kappa shape index (κ1) is 6.88. The number of aliphatic hydroxyl groups excluding tert-OH is 1. The summed E-state index contributed by atoms with van der Waals surface area (Å²) in [5.74, 6) is -3.36. The molecule has 1 heterocycles. The summed E-state index contributed by atoms with van der Waals surface area (Å²) in [5, 5.41) is 8.55. The lowest BCUT2D eigenvalue weighted by Gasteiger charge is -2.13. The number of aliphatic hydroxyl groups is 1. The van der Waals surface area contributed by atoms with Crippen LogP contribution in [0.2, 0.25) is 0 Å². The van der Waals surface area contributed by atoms with Gasteiger partial charge in [-0.05, 0) is 0 Å². The third-order valence-electron chi connectivity index (χ3n) is 1.04. The number of cyclic esters (lactones) is 1. The first-order valence-electron chi connectivity index (χ1n) is 2.57. The predicted molar refractivity (Wildman–Crippen MR) is 26.7 cm³/mol. The quantitative estimate of drug-likeness (QED) is 0.326. The Morgan fingerprint density at radius 1 is 1.40 bits per heavy atom. The van der Waals surface area contributed by atoms with Crippen LogP contribution in [-0.4, -0.2) is 28.9 Å². The molecule has 5 nitrogen and oxygen atoms in total. The highest BCUT2D eigenvalue weighted by molar-refractivity contribution is 6.62. The Balaban J connectivity index is 2.76. The second-order valence-corrected chi connectivity index (χ2v) is 1.82. The molecule has 1 saturated heterocycles. The molecule has 1 aliphatic rings. The molecule has 0 aromatic rings. The molecule has 0 aromatic carbocycles. The summed E-state index contributed by atoms with van der Waals surface area (Å²) in [6.07, 6.45) is -1.87. The van der Waals surface area contributed by atoms with Crippen molar-refractivity contribution in [2.45, 2.75) is 12.7 Å². The number of carbonyl (C=O) groups is 3. The molecule has 0 aromatic heterocycles. The van der Waals surface area contributed by atoms with Crippen LogP contribution in [0.15, 0.2) is 0 Å². The van der Waals surface area contributed by atoms with E-state index in [4.69, 9.17) is 5.11 Å². The second-order valence-electron chi connectivity index (χ2n) is 1.82. The zero-order valence-corrected chi connectivity index (χ0v) is 4.86. The molecule has 1 aliphatic heterocycles. The minimum atomic E-state index is -1.45. The minimum Gasteiger partial charge on any atom is -0.429 e. The molecule has 5 heteroatoms. The molecule has 54 valence electrons. The summed E-state index contributed by atoms with van der Waals surface area (Å²) < 4.78 is 4.02. The highest BCUT2D eigenvalue weighted by atomic mass is 16.6. The molecule has 0 saturated carbocycles. The van der Waals surface area contributed by atoms with Gasteiger partial charge in [0.2, 0.25) is 12.1 Å². The summed E-state index contributed by atoms with van der Waals surface area (Å²) in [4.78, 5) is 31.0. The number of esters is 1. The van der Waals surface area contributed by atoms with Crippen molar-refractivity contribution in [1.29, 1.82) is 0 Å². The standard InChI is InChI=1S/C5H4O5/c6-2-1-3(7)10-5(9)4(2)8/h3,7H,1H2. The van der Waals surface area contributed by atoms with Gasteiger partial charge < -0.3 is 9.84 Å². The number of Topliss-reactive ketones (excluding diaryl/α,β-unsaturated/α-hetero) is 2. The fourth-order valence-electron chi connectivity index (χ4n) is 0.584. The van der Waals surface area contributed by atoms with Crippen molar-refractivity contribution in [3.05, 3.63) is 0 Å². The maximum absolute atomic E-state index is 10.4. The van der Waals surface area contributed by atoms with E-state index in [1.165, 1.54) is 0 Å². The van der Waals surface area contributed by atoms with Gasteiger partial charge in [0.1, 0.15) is 0 Å². The van der Waals surface area contributed by atoms with Crippen LogP contribution in [0.25, 0.3) is 0 Å². The lowest BCUT2D eigenvalue weighted by molar-refractivity contribution is -0.182. The third-order valence-corrected chi connectivity index (χ3v) is 1.04. The zero-order chi connectivity index (χ0) is 7.72. The zero-order valence-electron chi connectivity index (χ0n) is 4.86. The Kier molecular flexibility index (Phi) is 1.50. The van der Waals surface area contributed by atoms with Gasteiger partial charge in [-0.2, -0.15) is 0 Å². The van der Waals surface area contributed by atoms with E-state index in [2.05, 4.69) is 4.74 Å². The van der Waals surface area contributed by atoms with E-state index in [1.54, 1.807) is 0 Å². The fourth-order valence-corrected chi connectivity index (χ4v) is 0.584. The molecule has 1 atom stereocenters.